The number of rotatable bonds is 3. The van der Waals surface area contributed by atoms with E-state index in [1.807, 2.05) is 59.2 Å². The highest BCUT2D eigenvalue weighted by atomic mass is 19.4. The Labute approximate surface area is 160 Å². The van der Waals surface area contributed by atoms with E-state index in [0.29, 0.717) is 18.7 Å². The van der Waals surface area contributed by atoms with Crippen LogP contribution in [0.15, 0.2) is 67.3 Å². The van der Waals surface area contributed by atoms with Gasteiger partial charge >= 0.3 is 12.1 Å². The molecule has 144 valence electrons. The number of hydrogen-bond donors (Lipinski definition) is 0. The molecule has 6 heteroatoms. The Morgan fingerprint density at radius 3 is 2.46 bits per heavy atom. The molecule has 2 heterocycles. The SMILES string of the molecule is C=CC1c2c(c3ccccc3n2Cc2ccccc2)CCN1C(=O)C(F)(F)F. The molecule has 0 N–H and O–H groups in total. The molecule has 0 saturated heterocycles. The number of fused-ring (bicyclic) bond motifs is 3. The van der Waals surface area contributed by atoms with Crippen LogP contribution >= 0.6 is 0 Å². The van der Waals surface area contributed by atoms with Gasteiger partial charge < -0.3 is 9.47 Å². The van der Waals surface area contributed by atoms with Crippen LogP contribution in [0.4, 0.5) is 13.2 Å². The molecular weight excluding hydrogens is 365 g/mol. The third-order valence-electron chi connectivity index (χ3n) is 5.25. The van der Waals surface area contributed by atoms with Crippen LogP contribution in [-0.2, 0) is 17.8 Å². The van der Waals surface area contributed by atoms with Crippen LogP contribution in [0.2, 0.25) is 0 Å². The molecule has 0 bridgehead atoms. The quantitative estimate of drug-likeness (QED) is 0.592. The van der Waals surface area contributed by atoms with Gasteiger partial charge in [0, 0.05) is 29.7 Å². The molecule has 0 aliphatic carbocycles. The third-order valence-corrected chi connectivity index (χ3v) is 5.25. The van der Waals surface area contributed by atoms with Crippen LogP contribution in [0.3, 0.4) is 0 Å². The predicted molar refractivity (Wildman–Crippen MR) is 102 cm³/mol. The maximum absolute atomic E-state index is 13.1. The van der Waals surface area contributed by atoms with Crippen molar-refractivity contribution in [3.63, 3.8) is 0 Å². The zero-order valence-corrected chi connectivity index (χ0v) is 15.1. The van der Waals surface area contributed by atoms with Crippen LogP contribution in [-0.4, -0.2) is 28.1 Å². The van der Waals surface area contributed by atoms with E-state index in [-0.39, 0.29) is 6.54 Å². The standard InChI is InChI=1S/C22H19F3N2O/c1-2-18-20-17(12-13-26(18)21(28)22(23,24)25)16-10-6-7-11-19(16)27(20)14-15-8-4-3-5-9-15/h2-11,18H,1,12-14H2. The van der Waals surface area contributed by atoms with Crippen LogP contribution in [0, 0.1) is 0 Å². The number of alkyl halides is 3. The van der Waals surface area contributed by atoms with Crippen LogP contribution in [0.1, 0.15) is 22.9 Å². The van der Waals surface area contributed by atoms with E-state index in [1.54, 1.807) is 0 Å². The van der Waals surface area contributed by atoms with Crippen molar-refractivity contribution < 1.29 is 18.0 Å². The van der Waals surface area contributed by atoms with Crippen molar-refractivity contribution >= 4 is 16.8 Å². The Morgan fingerprint density at radius 2 is 1.79 bits per heavy atom. The molecule has 2 aromatic carbocycles. The summed E-state index contributed by atoms with van der Waals surface area (Å²) in [6.07, 6.45) is -3.10. The van der Waals surface area contributed by atoms with Crippen molar-refractivity contribution in [1.29, 1.82) is 0 Å². The molecule has 1 aliphatic rings. The summed E-state index contributed by atoms with van der Waals surface area (Å²) in [5, 5.41) is 1.01. The molecule has 1 unspecified atom stereocenters. The van der Waals surface area contributed by atoms with Gasteiger partial charge in [-0.25, -0.2) is 0 Å². The largest absolute Gasteiger partial charge is 0.471 e. The van der Waals surface area contributed by atoms with Gasteiger partial charge in [0.05, 0.1) is 6.04 Å². The molecule has 1 aromatic heterocycles. The molecule has 1 atom stereocenters. The normalized spacial score (nSPS) is 16.8. The highest BCUT2D eigenvalue weighted by molar-refractivity contribution is 5.88. The van der Waals surface area contributed by atoms with Crippen molar-refractivity contribution in [1.82, 2.24) is 9.47 Å². The Kier molecular flexibility index (Phi) is 4.49. The summed E-state index contributed by atoms with van der Waals surface area (Å²) in [6.45, 7) is 4.27. The first-order valence-electron chi connectivity index (χ1n) is 9.06. The van der Waals surface area contributed by atoms with Crippen LogP contribution in [0.25, 0.3) is 10.9 Å². The van der Waals surface area contributed by atoms with Crippen molar-refractivity contribution in [2.24, 2.45) is 0 Å². The lowest BCUT2D eigenvalue weighted by molar-refractivity contribution is -0.187. The highest BCUT2D eigenvalue weighted by Gasteiger charge is 2.46. The molecule has 0 fully saturated rings. The van der Waals surface area contributed by atoms with E-state index in [4.69, 9.17) is 0 Å². The molecule has 0 radical (unpaired) electrons. The zero-order chi connectivity index (χ0) is 19.9. The number of para-hydroxylation sites is 1. The number of nitrogens with zero attached hydrogens (tertiary/aromatic N) is 2. The summed E-state index contributed by atoms with van der Waals surface area (Å²) in [5.74, 6) is -1.82. The van der Waals surface area contributed by atoms with Gasteiger partial charge in [0.15, 0.2) is 0 Å². The fourth-order valence-electron chi connectivity index (χ4n) is 4.08. The lowest BCUT2D eigenvalue weighted by Crippen LogP contribution is -2.46. The molecule has 3 aromatic rings. The molecule has 1 aliphatic heterocycles. The molecule has 3 nitrogen and oxygen atoms in total. The van der Waals surface area contributed by atoms with Gasteiger partial charge in [-0.15, -0.1) is 6.58 Å². The lowest BCUT2D eigenvalue weighted by atomic mass is 9.97. The summed E-state index contributed by atoms with van der Waals surface area (Å²) in [4.78, 5) is 12.9. The summed E-state index contributed by atoms with van der Waals surface area (Å²) in [6, 6.07) is 16.7. The van der Waals surface area contributed by atoms with Gasteiger partial charge in [0.25, 0.3) is 0 Å². The molecule has 0 spiro atoms. The minimum absolute atomic E-state index is 0.0153. The second kappa shape index (κ2) is 6.86. The van der Waals surface area contributed by atoms with E-state index in [9.17, 15) is 18.0 Å². The number of aromatic nitrogens is 1. The fraction of sp³-hybridized carbons (Fsp3) is 0.227. The molecule has 4 rings (SSSR count). The zero-order valence-electron chi connectivity index (χ0n) is 15.1. The second-order valence-electron chi connectivity index (χ2n) is 6.88. The van der Waals surface area contributed by atoms with Crippen molar-refractivity contribution in [2.75, 3.05) is 6.54 Å². The second-order valence-corrected chi connectivity index (χ2v) is 6.88. The fourth-order valence-corrected chi connectivity index (χ4v) is 4.08. The summed E-state index contributed by atoms with van der Waals surface area (Å²) < 4.78 is 41.4. The van der Waals surface area contributed by atoms with Crippen LogP contribution < -0.4 is 0 Å². The molecule has 28 heavy (non-hydrogen) atoms. The van der Waals surface area contributed by atoms with Crippen molar-refractivity contribution in [2.45, 2.75) is 25.2 Å². The average molecular weight is 384 g/mol. The Hall–Kier alpha value is -3.02. The van der Waals surface area contributed by atoms with E-state index in [0.717, 1.165) is 26.9 Å². The Bertz CT molecular complexity index is 1040. The Morgan fingerprint density at radius 1 is 1.11 bits per heavy atom. The molecule has 1 amide bonds. The Balaban J connectivity index is 1.89. The summed E-state index contributed by atoms with van der Waals surface area (Å²) >= 11 is 0. The average Bonchev–Trinajstić information content (AvgIpc) is 3.01. The number of amides is 1. The first-order chi connectivity index (χ1) is 13.4. The minimum atomic E-state index is -4.91. The molecular formula is C22H19F3N2O. The van der Waals surface area contributed by atoms with Crippen LogP contribution in [0.5, 0.6) is 0 Å². The van der Waals surface area contributed by atoms with Gasteiger partial charge in [-0.1, -0.05) is 54.6 Å². The minimum Gasteiger partial charge on any atom is -0.338 e. The van der Waals surface area contributed by atoms with Gasteiger partial charge in [-0.2, -0.15) is 13.2 Å². The number of carbonyl (C=O) groups is 1. The summed E-state index contributed by atoms with van der Waals surface area (Å²) in [7, 11) is 0. The van der Waals surface area contributed by atoms with Crippen molar-refractivity contribution in [3.8, 4) is 0 Å². The summed E-state index contributed by atoms with van der Waals surface area (Å²) in [5.41, 5.74) is 3.68. The van der Waals surface area contributed by atoms with Gasteiger partial charge in [0.1, 0.15) is 0 Å². The number of hydrogen-bond acceptors (Lipinski definition) is 1. The van der Waals surface area contributed by atoms with E-state index < -0.39 is 18.1 Å². The first kappa shape index (κ1) is 18.3. The third kappa shape index (κ3) is 2.99. The predicted octanol–water partition coefficient (Wildman–Crippen LogP) is 4.86. The lowest BCUT2D eigenvalue weighted by Gasteiger charge is -2.35. The number of carbonyl (C=O) groups excluding carboxylic acids is 1. The van der Waals surface area contributed by atoms with Crippen molar-refractivity contribution in [3.05, 3.63) is 84.1 Å². The van der Waals surface area contributed by atoms with E-state index in [1.165, 1.54) is 6.08 Å². The number of benzene rings is 2. The van der Waals surface area contributed by atoms with Gasteiger partial charge in [-0.05, 0) is 23.6 Å². The first-order valence-corrected chi connectivity index (χ1v) is 9.06. The maximum Gasteiger partial charge on any atom is 0.471 e. The topological polar surface area (TPSA) is 25.2 Å². The monoisotopic (exact) mass is 384 g/mol. The molecule has 0 saturated carbocycles. The smallest absolute Gasteiger partial charge is 0.338 e. The highest BCUT2D eigenvalue weighted by Crippen LogP contribution is 2.39. The maximum atomic E-state index is 13.1. The van der Waals surface area contributed by atoms with E-state index in [2.05, 4.69) is 6.58 Å². The van der Waals surface area contributed by atoms with Gasteiger partial charge in [0.2, 0.25) is 0 Å². The van der Waals surface area contributed by atoms with E-state index >= 15 is 0 Å². The number of halogens is 3. The van der Waals surface area contributed by atoms with Gasteiger partial charge in [-0.3, -0.25) is 4.79 Å².